The monoisotopic (exact) mass is 324 g/mol. The summed E-state index contributed by atoms with van der Waals surface area (Å²) in [5, 5.41) is 2.31. The molecule has 8 nitrogen and oxygen atoms in total. The predicted molar refractivity (Wildman–Crippen MR) is 79.9 cm³/mol. The first kappa shape index (κ1) is 16.0. The summed E-state index contributed by atoms with van der Waals surface area (Å²) in [4.78, 5) is 36.2. The molecule has 3 amide bonds. The van der Waals surface area contributed by atoms with Crippen molar-refractivity contribution < 1.29 is 18.8 Å². The fourth-order valence-corrected chi connectivity index (χ4v) is 2.30. The van der Waals surface area contributed by atoms with E-state index in [4.69, 9.17) is 16.6 Å². The van der Waals surface area contributed by atoms with E-state index in [1.54, 1.807) is 17.0 Å². The number of nitrogens with zero attached hydrogens (tertiary/aromatic N) is 1. The van der Waals surface area contributed by atoms with E-state index < -0.39 is 5.92 Å². The summed E-state index contributed by atoms with van der Waals surface area (Å²) in [7, 11) is 0. The molecule has 2 heterocycles. The van der Waals surface area contributed by atoms with Gasteiger partial charge >= 0.3 is 0 Å². The lowest BCUT2D eigenvalue weighted by Crippen LogP contribution is -2.50. The molecule has 0 spiro atoms. The standard InChI is InChI=1S/C13H16N4O4S/c1-8(18)14-13(22)16-15-12(20)9-5-11(19)17(6-9)7-10-3-2-4-21-10/h2-4,9H,5-7H2,1H3,(H,15,20)(H2,14,16,18,22). The summed E-state index contributed by atoms with van der Waals surface area (Å²) < 4.78 is 5.19. The van der Waals surface area contributed by atoms with Crippen LogP contribution in [0.1, 0.15) is 19.1 Å². The number of likely N-dealkylation sites (tertiary alicyclic amines) is 1. The van der Waals surface area contributed by atoms with Gasteiger partial charge in [-0.15, -0.1) is 0 Å². The van der Waals surface area contributed by atoms with Crippen molar-refractivity contribution >= 4 is 35.1 Å². The van der Waals surface area contributed by atoms with Crippen LogP contribution in [0.2, 0.25) is 0 Å². The molecule has 1 saturated heterocycles. The molecule has 1 aliphatic rings. The summed E-state index contributed by atoms with van der Waals surface area (Å²) in [6.45, 7) is 1.95. The molecule has 1 aliphatic heterocycles. The maximum Gasteiger partial charge on any atom is 0.243 e. The number of hydrazine groups is 1. The second-order valence-corrected chi connectivity index (χ2v) is 5.29. The molecule has 0 bridgehead atoms. The molecule has 3 N–H and O–H groups in total. The zero-order chi connectivity index (χ0) is 16.1. The van der Waals surface area contributed by atoms with Crippen LogP contribution in [0.15, 0.2) is 22.8 Å². The number of furan rings is 1. The molecule has 0 radical (unpaired) electrons. The van der Waals surface area contributed by atoms with Gasteiger partial charge in [-0.05, 0) is 24.4 Å². The molecule has 1 unspecified atom stereocenters. The van der Waals surface area contributed by atoms with Crippen LogP contribution in [0.5, 0.6) is 0 Å². The minimum absolute atomic E-state index is 0.00221. The Morgan fingerprint density at radius 3 is 2.86 bits per heavy atom. The average Bonchev–Trinajstić information content (AvgIpc) is 3.06. The van der Waals surface area contributed by atoms with Crippen LogP contribution in [-0.2, 0) is 20.9 Å². The molecule has 118 valence electrons. The Morgan fingerprint density at radius 1 is 1.45 bits per heavy atom. The van der Waals surface area contributed by atoms with E-state index in [2.05, 4.69) is 16.2 Å². The summed E-state index contributed by atoms with van der Waals surface area (Å²) in [6, 6.07) is 3.51. The van der Waals surface area contributed by atoms with E-state index in [1.807, 2.05) is 0 Å². The summed E-state index contributed by atoms with van der Waals surface area (Å²) in [5.41, 5.74) is 4.80. The van der Waals surface area contributed by atoms with E-state index >= 15 is 0 Å². The Hall–Kier alpha value is -2.42. The van der Waals surface area contributed by atoms with E-state index in [1.165, 1.54) is 13.2 Å². The molecule has 1 aromatic heterocycles. The van der Waals surface area contributed by atoms with Gasteiger partial charge in [0.15, 0.2) is 5.11 Å². The van der Waals surface area contributed by atoms with Crippen molar-refractivity contribution in [1.29, 1.82) is 0 Å². The van der Waals surface area contributed by atoms with Crippen LogP contribution in [0.25, 0.3) is 0 Å². The van der Waals surface area contributed by atoms with Gasteiger partial charge in [-0.2, -0.15) is 0 Å². The maximum atomic E-state index is 12.0. The van der Waals surface area contributed by atoms with Crippen LogP contribution in [-0.4, -0.2) is 34.3 Å². The van der Waals surface area contributed by atoms with Crippen LogP contribution in [0, 0.1) is 5.92 Å². The van der Waals surface area contributed by atoms with Gasteiger partial charge < -0.3 is 14.6 Å². The molecule has 0 aromatic carbocycles. The van der Waals surface area contributed by atoms with Gasteiger partial charge in [-0.25, -0.2) is 0 Å². The van der Waals surface area contributed by atoms with E-state index in [0.717, 1.165) is 0 Å². The third-order valence-electron chi connectivity index (χ3n) is 3.10. The number of nitrogens with one attached hydrogen (secondary N) is 3. The van der Waals surface area contributed by atoms with Crippen molar-refractivity contribution in [3.8, 4) is 0 Å². The normalized spacial score (nSPS) is 17.2. The lowest BCUT2D eigenvalue weighted by Gasteiger charge is -2.15. The van der Waals surface area contributed by atoms with Crippen LogP contribution in [0.3, 0.4) is 0 Å². The van der Waals surface area contributed by atoms with E-state index in [-0.39, 0.29) is 29.3 Å². The molecule has 9 heteroatoms. The van der Waals surface area contributed by atoms with Crippen LogP contribution in [0.4, 0.5) is 0 Å². The van der Waals surface area contributed by atoms with Gasteiger partial charge in [0.05, 0.1) is 18.7 Å². The quantitative estimate of drug-likeness (QED) is 0.520. The highest BCUT2D eigenvalue weighted by molar-refractivity contribution is 7.80. The zero-order valence-electron chi connectivity index (χ0n) is 11.9. The third-order valence-corrected chi connectivity index (χ3v) is 3.31. The van der Waals surface area contributed by atoms with Gasteiger partial charge in [-0.1, -0.05) is 0 Å². The van der Waals surface area contributed by atoms with Gasteiger partial charge in [0.1, 0.15) is 5.76 Å². The molecule has 0 saturated carbocycles. The van der Waals surface area contributed by atoms with E-state index in [9.17, 15) is 14.4 Å². The van der Waals surface area contributed by atoms with Gasteiger partial charge in [0.25, 0.3) is 0 Å². The molecule has 1 fully saturated rings. The highest BCUT2D eigenvalue weighted by atomic mass is 32.1. The largest absolute Gasteiger partial charge is 0.467 e. The number of thiocarbonyl (C=S) groups is 1. The van der Waals surface area contributed by atoms with Crippen molar-refractivity contribution in [3.05, 3.63) is 24.2 Å². The molecular weight excluding hydrogens is 308 g/mol. The molecule has 2 rings (SSSR count). The molecule has 1 atom stereocenters. The van der Waals surface area contributed by atoms with Crippen molar-refractivity contribution in [1.82, 2.24) is 21.1 Å². The number of rotatable bonds is 3. The average molecular weight is 324 g/mol. The number of carbonyl (C=O) groups is 3. The number of hydrogen-bond acceptors (Lipinski definition) is 5. The lowest BCUT2D eigenvalue weighted by atomic mass is 10.1. The summed E-state index contributed by atoms with van der Waals surface area (Å²) >= 11 is 4.80. The summed E-state index contributed by atoms with van der Waals surface area (Å²) in [6.07, 6.45) is 1.66. The maximum absolute atomic E-state index is 12.0. The topological polar surface area (TPSA) is 104 Å². The van der Waals surface area contributed by atoms with Gasteiger partial charge in [0.2, 0.25) is 17.7 Å². The Bertz CT molecular complexity index is 587. The first-order chi connectivity index (χ1) is 10.5. The second kappa shape index (κ2) is 7.03. The third kappa shape index (κ3) is 4.29. The molecule has 0 aliphatic carbocycles. The van der Waals surface area contributed by atoms with Crippen molar-refractivity contribution in [2.24, 2.45) is 5.92 Å². The number of amides is 3. The Balaban J connectivity index is 1.81. The Labute approximate surface area is 132 Å². The first-order valence-corrected chi connectivity index (χ1v) is 7.04. The van der Waals surface area contributed by atoms with Crippen molar-refractivity contribution in [3.63, 3.8) is 0 Å². The van der Waals surface area contributed by atoms with Crippen LogP contribution < -0.4 is 16.2 Å². The van der Waals surface area contributed by atoms with E-state index in [0.29, 0.717) is 18.8 Å². The van der Waals surface area contributed by atoms with Crippen molar-refractivity contribution in [2.75, 3.05) is 6.54 Å². The van der Waals surface area contributed by atoms with Crippen molar-refractivity contribution in [2.45, 2.75) is 19.9 Å². The minimum Gasteiger partial charge on any atom is -0.467 e. The predicted octanol–water partition coefficient (Wildman–Crippen LogP) is -0.330. The summed E-state index contributed by atoms with van der Waals surface area (Å²) in [5.74, 6) is -0.620. The highest BCUT2D eigenvalue weighted by Gasteiger charge is 2.34. The Kier molecular flexibility index (Phi) is 5.10. The lowest BCUT2D eigenvalue weighted by molar-refractivity contribution is -0.129. The molecule has 22 heavy (non-hydrogen) atoms. The minimum atomic E-state index is -0.477. The highest BCUT2D eigenvalue weighted by Crippen LogP contribution is 2.20. The first-order valence-electron chi connectivity index (χ1n) is 6.63. The van der Waals surface area contributed by atoms with Gasteiger partial charge in [0, 0.05) is 19.9 Å². The van der Waals surface area contributed by atoms with Crippen LogP contribution >= 0.6 is 12.2 Å². The molecular formula is C13H16N4O4S. The number of carbonyl (C=O) groups excluding carboxylic acids is 3. The fourth-order valence-electron chi connectivity index (χ4n) is 2.10. The smallest absolute Gasteiger partial charge is 0.243 e. The number of hydrogen-bond donors (Lipinski definition) is 3. The second-order valence-electron chi connectivity index (χ2n) is 4.88. The Morgan fingerprint density at radius 2 is 2.23 bits per heavy atom. The fraction of sp³-hybridized carbons (Fsp3) is 0.385. The van der Waals surface area contributed by atoms with Gasteiger partial charge in [-0.3, -0.25) is 25.2 Å². The zero-order valence-corrected chi connectivity index (χ0v) is 12.7. The molecule has 1 aromatic rings. The SMILES string of the molecule is CC(=O)NC(=S)NNC(=O)C1CC(=O)N(Cc2ccco2)C1.